The minimum absolute atomic E-state index is 0.0299. The van der Waals surface area contributed by atoms with Crippen LogP contribution in [-0.4, -0.2) is 19.1 Å². The number of aryl methyl sites for hydroxylation is 1. The zero-order valence-corrected chi connectivity index (χ0v) is 16.5. The second-order valence-electron chi connectivity index (χ2n) is 6.97. The second kappa shape index (κ2) is 9.75. The second-order valence-corrected chi connectivity index (χ2v) is 6.97. The molecule has 3 aromatic carbocycles. The number of hydrogen-bond acceptors (Lipinski definition) is 2. The molecular formula is C25H27NO2. The van der Waals surface area contributed by atoms with E-state index in [1.807, 2.05) is 55.5 Å². The molecule has 144 valence electrons. The van der Waals surface area contributed by atoms with Gasteiger partial charge in [0, 0.05) is 12.3 Å². The van der Waals surface area contributed by atoms with Gasteiger partial charge in [0.05, 0.1) is 6.54 Å². The lowest BCUT2D eigenvalue weighted by Gasteiger charge is -2.18. The minimum atomic E-state index is 0.0299. The number of ether oxygens (including phenoxy) is 1. The number of hydrogen-bond donors (Lipinski definition) is 1. The molecular weight excluding hydrogens is 346 g/mol. The quantitative estimate of drug-likeness (QED) is 0.563. The predicted molar refractivity (Wildman–Crippen MR) is 114 cm³/mol. The smallest absolute Gasteiger partial charge is 0.221 e. The lowest BCUT2D eigenvalue weighted by molar-refractivity contribution is -0.121. The number of benzene rings is 3. The molecule has 1 amide bonds. The third-order valence-corrected chi connectivity index (χ3v) is 5.03. The largest absolute Gasteiger partial charge is 0.491 e. The van der Waals surface area contributed by atoms with Crippen molar-refractivity contribution in [1.82, 2.24) is 5.32 Å². The molecule has 3 nitrogen and oxygen atoms in total. The fourth-order valence-electron chi connectivity index (χ4n) is 3.29. The highest BCUT2D eigenvalue weighted by atomic mass is 16.5. The van der Waals surface area contributed by atoms with Crippen LogP contribution in [0.15, 0.2) is 78.9 Å². The molecule has 0 aliphatic carbocycles. The van der Waals surface area contributed by atoms with Crippen LogP contribution in [0.4, 0.5) is 0 Å². The fraction of sp³-hybridized carbons (Fsp3) is 0.240. The van der Waals surface area contributed by atoms with Crippen LogP contribution in [0.2, 0.25) is 0 Å². The summed E-state index contributed by atoms with van der Waals surface area (Å²) >= 11 is 0. The van der Waals surface area contributed by atoms with E-state index in [9.17, 15) is 4.79 Å². The van der Waals surface area contributed by atoms with Crippen LogP contribution in [0.25, 0.3) is 0 Å². The molecule has 28 heavy (non-hydrogen) atoms. The Morgan fingerprint density at radius 1 is 0.857 bits per heavy atom. The van der Waals surface area contributed by atoms with Gasteiger partial charge in [-0.3, -0.25) is 4.79 Å². The monoisotopic (exact) mass is 373 g/mol. The van der Waals surface area contributed by atoms with E-state index in [1.54, 1.807) is 0 Å². The summed E-state index contributed by atoms with van der Waals surface area (Å²) < 4.78 is 5.83. The molecule has 0 bridgehead atoms. The Balaban J connectivity index is 1.56. The van der Waals surface area contributed by atoms with Crippen molar-refractivity contribution >= 4 is 5.91 Å². The SMILES string of the molecule is Cc1cccc(OCCNC(=O)CC(c2ccccc2)c2ccccc2)c1C. The number of carbonyl (C=O) groups is 1. The molecule has 0 heterocycles. The highest BCUT2D eigenvalue weighted by molar-refractivity contribution is 5.77. The van der Waals surface area contributed by atoms with Crippen LogP contribution >= 0.6 is 0 Å². The van der Waals surface area contributed by atoms with Crippen molar-refractivity contribution in [3.8, 4) is 5.75 Å². The highest BCUT2D eigenvalue weighted by Crippen LogP contribution is 2.27. The zero-order valence-electron chi connectivity index (χ0n) is 16.5. The molecule has 0 unspecified atom stereocenters. The van der Waals surface area contributed by atoms with Crippen molar-refractivity contribution < 1.29 is 9.53 Å². The number of rotatable bonds is 8. The average Bonchev–Trinajstić information content (AvgIpc) is 2.73. The summed E-state index contributed by atoms with van der Waals surface area (Å²) in [6.45, 7) is 5.06. The summed E-state index contributed by atoms with van der Waals surface area (Å²) in [5.74, 6) is 0.949. The van der Waals surface area contributed by atoms with Gasteiger partial charge in [0.2, 0.25) is 5.91 Å². The van der Waals surface area contributed by atoms with Gasteiger partial charge in [0.25, 0.3) is 0 Å². The maximum Gasteiger partial charge on any atom is 0.221 e. The van der Waals surface area contributed by atoms with E-state index in [0.29, 0.717) is 19.6 Å². The summed E-state index contributed by atoms with van der Waals surface area (Å²) in [5.41, 5.74) is 4.64. The molecule has 1 N–H and O–H groups in total. The lowest BCUT2D eigenvalue weighted by Crippen LogP contribution is -2.29. The normalized spacial score (nSPS) is 10.7. The molecule has 0 saturated carbocycles. The topological polar surface area (TPSA) is 38.3 Å². The molecule has 0 aliphatic rings. The van der Waals surface area contributed by atoms with Gasteiger partial charge in [-0.2, -0.15) is 0 Å². The average molecular weight is 373 g/mol. The van der Waals surface area contributed by atoms with Crippen molar-refractivity contribution in [3.05, 3.63) is 101 Å². The van der Waals surface area contributed by atoms with E-state index in [0.717, 1.165) is 22.4 Å². The number of nitrogens with one attached hydrogen (secondary N) is 1. The van der Waals surface area contributed by atoms with Gasteiger partial charge in [0.1, 0.15) is 12.4 Å². The maximum absolute atomic E-state index is 12.6. The zero-order chi connectivity index (χ0) is 19.8. The van der Waals surface area contributed by atoms with Crippen LogP contribution in [0, 0.1) is 13.8 Å². The number of carbonyl (C=O) groups excluding carboxylic acids is 1. The van der Waals surface area contributed by atoms with Crippen molar-refractivity contribution in [1.29, 1.82) is 0 Å². The Morgan fingerprint density at radius 3 is 2.07 bits per heavy atom. The van der Waals surface area contributed by atoms with Crippen LogP contribution in [0.5, 0.6) is 5.75 Å². The molecule has 0 fully saturated rings. The standard InChI is InChI=1S/C25H27NO2/c1-19-10-9-15-24(20(19)2)28-17-16-26-25(27)18-23(21-11-5-3-6-12-21)22-13-7-4-8-14-22/h3-15,23H,16-18H2,1-2H3,(H,26,27). The first-order valence-electron chi connectivity index (χ1n) is 9.71. The maximum atomic E-state index is 12.6. The molecule has 0 aromatic heterocycles. The number of amides is 1. The summed E-state index contributed by atoms with van der Waals surface area (Å²) in [4.78, 5) is 12.6. The van der Waals surface area contributed by atoms with Crippen molar-refractivity contribution in [3.63, 3.8) is 0 Å². The van der Waals surface area contributed by atoms with Gasteiger partial charge in [0.15, 0.2) is 0 Å². The third kappa shape index (κ3) is 5.23. The van der Waals surface area contributed by atoms with E-state index < -0.39 is 0 Å². The summed E-state index contributed by atoms with van der Waals surface area (Å²) in [6, 6.07) is 26.4. The Morgan fingerprint density at radius 2 is 1.46 bits per heavy atom. The van der Waals surface area contributed by atoms with E-state index in [1.165, 1.54) is 5.56 Å². The van der Waals surface area contributed by atoms with Crippen LogP contribution in [-0.2, 0) is 4.79 Å². The van der Waals surface area contributed by atoms with E-state index >= 15 is 0 Å². The van der Waals surface area contributed by atoms with Gasteiger partial charge >= 0.3 is 0 Å². The molecule has 0 atom stereocenters. The van der Waals surface area contributed by atoms with Gasteiger partial charge < -0.3 is 10.1 Å². The Kier molecular flexibility index (Phi) is 6.85. The first-order chi connectivity index (χ1) is 13.6. The molecule has 3 aromatic rings. The van der Waals surface area contributed by atoms with Crippen molar-refractivity contribution in [2.75, 3.05) is 13.2 Å². The first-order valence-corrected chi connectivity index (χ1v) is 9.71. The van der Waals surface area contributed by atoms with Gasteiger partial charge in [-0.1, -0.05) is 72.8 Å². The van der Waals surface area contributed by atoms with Crippen LogP contribution in [0.1, 0.15) is 34.6 Å². The predicted octanol–water partition coefficient (Wildman–Crippen LogP) is 5.02. The van der Waals surface area contributed by atoms with Crippen molar-refractivity contribution in [2.24, 2.45) is 0 Å². The van der Waals surface area contributed by atoms with E-state index in [4.69, 9.17) is 4.74 Å². The van der Waals surface area contributed by atoms with E-state index in [2.05, 4.69) is 42.6 Å². The van der Waals surface area contributed by atoms with Gasteiger partial charge in [-0.25, -0.2) is 0 Å². The van der Waals surface area contributed by atoms with Gasteiger partial charge in [-0.05, 0) is 42.2 Å². The molecule has 3 heteroatoms. The molecule has 3 rings (SSSR count). The Labute approximate surface area is 167 Å². The molecule has 0 aliphatic heterocycles. The summed E-state index contributed by atoms with van der Waals surface area (Å²) in [6.07, 6.45) is 0.414. The molecule has 0 radical (unpaired) electrons. The van der Waals surface area contributed by atoms with Crippen LogP contribution in [0.3, 0.4) is 0 Å². The Bertz CT molecular complexity index is 851. The van der Waals surface area contributed by atoms with Crippen LogP contribution < -0.4 is 10.1 Å². The fourth-order valence-corrected chi connectivity index (χ4v) is 3.29. The summed E-state index contributed by atoms with van der Waals surface area (Å²) in [5, 5.41) is 2.99. The first kappa shape index (κ1) is 19.7. The molecule has 0 spiro atoms. The summed E-state index contributed by atoms with van der Waals surface area (Å²) in [7, 11) is 0. The lowest BCUT2D eigenvalue weighted by atomic mass is 9.88. The van der Waals surface area contributed by atoms with Crippen molar-refractivity contribution in [2.45, 2.75) is 26.2 Å². The van der Waals surface area contributed by atoms with E-state index in [-0.39, 0.29) is 11.8 Å². The van der Waals surface area contributed by atoms with Gasteiger partial charge in [-0.15, -0.1) is 0 Å². The minimum Gasteiger partial charge on any atom is -0.491 e. The molecule has 0 saturated heterocycles. The third-order valence-electron chi connectivity index (χ3n) is 5.03. The highest BCUT2D eigenvalue weighted by Gasteiger charge is 2.17. The Hall–Kier alpha value is -3.07.